The summed E-state index contributed by atoms with van der Waals surface area (Å²) in [4.78, 5) is 8.57. The molecule has 3 aromatic heterocycles. The molecule has 0 saturated carbocycles. The summed E-state index contributed by atoms with van der Waals surface area (Å²) in [6, 6.07) is 7.92. The molecule has 4 nitrogen and oxygen atoms in total. The van der Waals surface area contributed by atoms with Gasteiger partial charge in [0.05, 0.1) is 0 Å². The normalized spacial score (nSPS) is 10.6. The summed E-state index contributed by atoms with van der Waals surface area (Å²) >= 11 is 3.44. The molecule has 0 radical (unpaired) electrons. The maximum Gasteiger partial charge on any atom is 0.152 e. The van der Waals surface area contributed by atoms with Crippen molar-refractivity contribution in [2.45, 2.75) is 6.92 Å². The van der Waals surface area contributed by atoms with Crippen molar-refractivity contribution >= 4 is 21.6 Å². The number of rotatable bonds is 1. The predicted molar refractivity (Wildman–Crippen MR) is 75.6 cm³/mol. The highest BCUT2D eigenvalue weighted by atomic mass is 79.9. The van der Waals surface area contributed by atoms with E-state index in [0.717, 1.165) is 21.2 Å². The molecule has 3 rings (SSSR count). The number of hydrogen-bond donors (Lipinski definition) is 0. The highest BCUT2D eigenvalue weighted by Crippen LogP contribution is 2.26. The van der Waals surface area contributed by atoms with Gasteiger partial charge in [-0.3, -0.25) is 9.38 Å². The standard InChI is InChI=1S/C14H9BrN4/c1-9-6-11(15)8-19-12(7-16)13(18-14(9)19)10-2-4-17-5-3-10/h2-6,8H,1H3. The van der Waals surface area contributed by atoms with Gasteiger partial charge >= 0.3 is 0 Å². The Hall–Kier alpha value is -2.19. The molecule has 0 spiro atoms. The van der Waals surface area contributed by atoms with Gasteiger partial charge in [0.25, 0.3) is 0 Å². The van der Waals surface area contributed by atoms with Crippen molar-refractivity contribution < 1.29 is 0 Å². The number of nitrogens with zero attached hydrogens (tertiary/aromatic N) is 4. The molecule has 0 amide bonds. The third-order valence-electron chi connectivity index (χ3n) is 2.93. The Morgan fingerprint density at radius 3 is 2.74 bits per heavy atom. The Morgan fingerprint density at radius 1 is 1.32 bits per heavy atom. The van der Waals surface area contributed by atoms with Gasteiger partial charge in [-0.1, -0.05) is 0 Å². The van der Waals surface area contributed by atoms with Crippen LogP contribution in [0.4, 0.5) is 0 Å². The third-order valence-corrected chi connectivity index (χ3v) is 3.36. The van der Waals surface area contributed by atoms with Gasteiger partial charge in [0.15, 0.2) is 5.69 Å². The predicted octanol–water partition coefficient (Wildman–Crippen LogP) is 3.34. The smallest absolute Gasteiger partial charge is 0.152 e. The summed E-state index contributed by atoms with van der Waals surface area (Å²) in [5.41, 5.74) is 3.93. The molecular weight excluding hydrogens is 304 g/mol. The molecule has 3 heterocycles. The number of pyridine rings is 2. The van der Waals surface area contributed by atoms with Gasteiger partial charge in [0.1, 0.15) is 17.4 Å². The van der Waals surface area contributed by atoms with E-state index in [2.05, 4.69) is 32.0 Å². The topological polar surface area (TPSA) is 54.0 Å². The van der Waals surface area contributed by atoms with Crippen LogP contribution in [-0.2, 0) is 0 Å². The first-order valence-corrected chi connectivity index (χ1v) is 6.48. The Kier molecular flexibility index (Phi) is 2.80. The molecule has 0 aliphatic rings. The van der Waals surface area contributed by atoms with E-state index >= 15 is 0 Å². The van der Waals surface area contributed by atoms with Crippen molar-refractivity contribution in [3.8, 4) is 17.3 Å². The minimum atomic E-state index is 0.533. The summed E-state index contributed by atoms with van der Waals surface area (Å²) in [5.74, 6) is 0. The summed E-state index contributed by atoms with van der Waals surface area (Å²) < 4.78 is 2.74. The van der Waals surface area contributed by atoms with Gasteiger partial charge in [-0.2, -0.15) is 5.26 Å². The van der Waals surface area contributed by atoms with E-state index in [1.807, 2.05) is 35.7 Å². The second-order valence-electron chi connectivity index (χ2n) is 4.19. The van der Waals surface area contributed by atoms with Gasteiger partial charge in [0.2, 0.25) is 0 Å². The molecule has 92 valence electrons. The highest BCUT2D eigenvalue weighted by molar-refractivity contribution is 9.10. The molecule has 19 heavy (non-hydrogen) atoms. The number of aryl methyl sites for hydroxylation is 1. The number of fused-ring (bicyclic) bond motifs is 1. The molecule has 0 fully saturated rings. The second-order valence-corrected chi connectivity index (χ2v) is 5.11. The Balaban J connectivity index is 2.39. The van der Waals surface area contributed by atoms with E-state index in [4.69, 9.17) is 0 Å². The van der Waals surface area contributed by atoms with Crippen LogP contribution >= 0.6 is 15.9 Å². The maximum atomic E-state index is 9.41. The number of halogens is 1. The largest absolute Gasteiger partial charge is 0.289 e. The number of hydrogen-bond acceptors (Lipinski definition) is 3. The molecule has 3 aromatic rings. The molecule has 0 atom stereocenters. The van der Waals surface area contributed by atoms with Gasteiger partial charge < -0.3 is 0 Å². The van der Waals surface area contributed by atoms with E-state index in [9.17, 15) is 5.26 Å². The van der Waals surface area contributed by atoms with Crippen molar-refractivity contribution in [1.82, 2.24) is 14.4 Å². The van der Waals surface area contributed by atoms with Crippen molar-refractivity contribution in [2.75, 3.05) is 0 Å². The number of aromatic nitrogens is 3. The second kappa shape index (κ2) is 4.48. The van der Waals surface area contributed by atoms with Gasteiger partial charge in [-0.05, 0) is 46.6 Å². The SMILES string of the molecule is Cc1cc(Br)cn2c(C#N)c(-c3ccncc3)nc12. The molecule has 0 aliphatic heterocycles. The van der Waals surface area contributed by atoms with Gasteiger partial charge in [-0.25, -0.2) is 4.98 Å². The molecule has 0 bridgehead atoms. The molecule has 0 unspecified atom stereocenters. The summed E-state index contributed by atoms with van der Waals surface area (Å²) in [6.45, 7) is 1.98. The van der Waals surface area contributed by atoms with Crippen LogP contribution in [0.5, 0.6) is 0 Å². The van der Waals surface area contributed by atoms with Crippen LogP contribution in [0.2, 0.25) is 0 Å². The van der Waals surface area contributed by atoms with Crippen molar-refractivity contribution in [1.29, 1.82) is 5.26 Å². The maximum absolute atomic E-state index is 9.41. The molecule has 0 aromatic carbocycles. The fraction of sp³-hybridized carbons (Fsp3) is 0.0714. The van der Waals surface area contributed by atoms with Crippen LogP contribution < -0.4 is 0 Å². The third kappa shape index (κ3) is 1.90. The lowest BCUT2D eigenvalue weighted by molar-refractivity contribution is 1.12. The molecule has 5 heteroatoms. The minimum absolute atomic E-state index is 0.533. The zero-order valence-electron chi connectivity index (χ0n) is 10.1. The summed E-state index contributed by atoms with van der Waals surface area (Å²) in [6.07, 6.45) is 5.26. The molecule has 0 N–H and O–H groups in total. The number of nitriles is 1. The quantitative estimate of drug-likeness (QED) is 0.692. The van der Waals surface area contributed by atoms with Crippen LogP contribution in [-0.4, -0.2) is 14.4 Å². The average Bonchev–Trinajstić information content (AvgIpc) is 2.78. The zero-order valence-corrected chi connectivity index (χ0v) is 11.7. The summed E-state index contributed by atoms with van der Waals surface area (Å²) in [7, 11) is 0. The van der Waals surface area contributed by atoms with E-state index in [0.29, 0.717) is 11.4 Å². The van der Waals surface area contributed by atoms with Crippen molar-refractivity contribution in [2.24, 2.45) is 0 Å². The molecule has 0 saturated heterocycles. The fourth-order valence-corrected chi connectivity index (χ4v) is 2.63. The van der Waals surface area contributed by atoms with Crippen molar-refractivity contribution in [3.63, 3.8) is 0 Å². The van der Waals surface area contributed by atoms with E-state index < -0.39 is 0 Å². The van der Waals surface area contributed by atoms with Crippen LogP contribution in [0.25, 0.3) is 16.9 Å². The Bertz CT molecular complexity index is 800. The molecular formula is C14H9BrN4. The van der Waals surface area contributed by atoms with E-state index in [1.165, 1.54) is 0 Å². The van der Waals surface area contributed by atoms with Crippen LogP contribution in [0.15, 0.2) is 41.3 Å². The average molecular weight is 313 g/mol. The summed E-state index contributed by atoms with van der Waals surface area (Å²) in [5, 5.41) is 9.41. The lowest BCUT2D eigenvalue weighted by Gasteiger charge is -1.99. The van der Waals surface area contributed by atoms with Crippen LogP contribution in [0.1, 0.15) is 11.3 Å². The first-order valence-electron chi connectivity index (χ1n) is 5.69. The highest BCUT2D eigenvalue weighted by Gasteiger charge is 2.15. The first-order chi connectivity index (χ1) is 9.20. The zero-order chi connectivity index (χ0) is 13.4. The first kappa shape index (κ1) is 11.9. The van der Waals surface area contributed by atoms with E-state index in [-0.39, 0.29) is 0 Å². The minimum Gasteiger partial charge on any atom is -0.289 e. The fourth-order valence-electron chi connectivity index (χ4n) is 2.09. The Labute approximate surface area is 118 Å². The van der Waals surface area contributed by atoms with Gasteiger partial charge in [-0.15, -0.1) is 0 Å². The van der Waals surface area contributed by atoms with Crippen molar-refractivity contribution in [3.05, 3.63) is 52.5 Å². The lowest BCUT2D eigenvalue weighted by Crippen LogP contribution is -1.91. The number of imidazole rings is 1. The van der Waals surface area contributed by atoms with E-state index in [1.54, 1.807) is 12.4 Å². The lowest BCUT2D eigenvalue weighted by atomic mass is 10.2. The van der Waals surface area contributed by atoms with Gasteiger partial charge in [0, 0.05) is 28.6 Å². The van der Waals surface area contributed by atoms with Crippen LogP contribution in [0.3, 0.4) is 0 Å². The Morgan fingerprint density at radius 2 is 2.05 bits per heavy atom. The molecule has 0 aliphatic carbocycles. The monoisotopic (exact) mass is 312 g/mol. The van der Waals surface area contributed by atoms with Crippen LogP contribution in [0, 0.1) is 18.3 Å².